The third-order valence-corrected chi connectivity index (χ3v) is 3.05. The first-order valence-corrected chi connectivity index (χ1v) is 6.42. The van der Waals surface area contributed by atoms with E-state index in [4.69, 9.17) is 11.6 Å². The smallest absolute Gasteiger partial charge is 0.129 e. The first kappa shape index (κ1) is 14.0. The van der Waals surface area contributed by atoms with E-state index in [1.54, 1.807) is 18.2 Å². The highest BCUT2D eigenvalue weighted by Gasteiger charge is 2.02. The van der Waals surface area contributed by atoms with E-state index < -0.39 is 0 Å². The van der Waals surface area contributed by atoms with Crippen molar-refractivity contribution in [3.63, 3.8) is 0 Å². The molecule has 0 aliphatic rings. The standard InChI is InChI=1S/C15H14ClF2N/c16-13-5-4-12(15(18)9-13)10-19-7-6-11-2-1-3-14(17)8-11/h1-5,8-9,19H,6-7,10H2. The average Bonchev–Trinajstić information content (AvgIpc) is 2.37. The molecule has 100 valence electrons. The summed E-state index contributed by atoms with van der Waals surface area (Å²) in [6, 6.07) is 11.1. The van der Waals surface area contributed by atoms with E-state index in [-0.39, 0.29) is 11.6 Å². The normalized spacial score (nSPS) is 10.7. The maximum absolute atomic E-state index is 13.5. The van der Waals surface area contributed by atoms with E-state index in [9.17, 15) is 8.78 Å². The lowest BCUT2D eigenvalue weighted by molar-refractivity contribution is 0.587. The highest BCUT2D eigenvalue weighted by atomic mass is 35.5. The van der Waals surface area contributed by atoms with Crippen LogP contribution in [-0.2, 0) is 13.0 Å². The Morgan fingerprint density at radius 1 is 1.05 bits per heavy atom. The number of hydrogen-bond donors (Lipinski definition) is 1. The van der Waals surface area contributed by atoms with Gasteiger partial charge in [0.2, 0.25) is 0 Å². The van der Waals surface area contributed by atoms with Crippen molar-refractivity contribution in [2.75, 3.05) is 6.54 Å². The van der Waals surface area contributed by atoms with Gasteiger partial charge in [-0.2, -0.15) is 0 Å². The molecule has 0 aromatic heterocycles. The van der Waals surface area contributed by atoms with Gasteiger partial charge in [0.05, 0.1) is 0 Å². The molecule has 0 heterocycles. The van der Waals surface area contributed by atoms with Crippen molar-refractivity contribution in [1.29, 1.82) is 0 Å². The van der Waals surface area contributed by atoms with Crippen LogP contribution < -0.4 is 5.32 Å². The zero-order valence-electron chi connectivity index (χ0n) is 10.3. The first-order chi connectivity index (χ1) is 9.15. The van der Waals surface area contributed by atoms with E-state index in [0.29, 0.717) is 30.1 Å². The van der Waals surface area contributed by atoms with Crippen LogP contribution in [0, 0.1) is 11.6 Å². The fourth-order valence-corrected chi connectivity index (χ4v) is 1.97. The molecule has 0 aliphatic heterocycles. The van der Waals surface area contributed by atoms with Crippen molar-refractivity contribution < 1.29 is 8.78 Å². The zero-order valence-corrected chi connectivity index (χ0v) is 11.1. The minimum Gasteiger partial charge on any atom is -0.312 e. The Morgan fingerprint density at radius 3 is 2.63 bits per heavy atom. The SMILES string of the molecule is Fc1cccc(CCNCc2ccc(Cl)cc2F)c1. The van der Waals surface area contributed by atoms with E-state index in [0.717, 1.165) is 5.56 Å². The van der Waals surface area contributed by atoms with Crippen LogP contribution in [0.3, 0.4) is 0 Å². The molecule has 0 radical (unpaired) electrons. The van der Waals surface area contributed by atoms with Crippen LogP contribution in [0.15, 0.2) is 42.5 Å². The zero-order chi connectivity index (χ0) is 13.7. The molecule has 2 rings (SSSR count). The van der Waals surface area contributed by atoms with Crippen LogP contribution in [0.2, 0.25) is 5.02 Å². The van der Waals surface area contributed by atoms with Gasteiger partial charge in [-0.1, -0.05) is 29.8 Å². The second-order valence-electron chi connectivity index (χ2n) is 4.29. The summed E-state index contributed by atoms with van der Waals surface area (Å²) < 4.78 is 26.4. The Hall–Kier alpha value is -1.45. The van der Waals surface area contributed by atoms with E-state index >= 15 is 0 Å². The lowest BCUT2D eigenvalue weighted by Gasteiger charge is -2.06. The molecule has 1 N–H and O–H groups in total. The van der Waals surface area contributed by atoms with Crippen molar-refractivity contribution in [1.82, 2.24) is 5.32 Å². The highest BCUT2D eigenvalue weighted by molar-refractivity contribution is 6.30. The van der Waals surface area contributed by atoms with Gasteiger partial charge in [0.1, 0.15) is 11.6 Å². The summed E-state index contributed by atoms with van der Waals surface area (Å²) in [4.78, 5) is 0. The fourth-order valence-electron chi connectivity index (χ4n) is 1.81. The summed E-state index contributed by atoms with van der Waals surface area (Å²) in [6.07, 6.45) is 0.701. The van der Waals surface area contributed by atoms with Crippen molar-refractivity contribution in [3.05, 3.63) is 70.2 Å². The monoisotopic (exact) mass is 281 g/mol. The maximum Gasteiger partial charge on any atom is 0.129 e. The summed E-state index contributed by atoms with van der Waals surface area (Å²) in [5, 5.41) is 3.51. The predicted octanol–water partition coefficient (Wildman–Crippen LogP) is 3.95. The largest absolute Gasteiger partial charge is 0.312 e. The first-order valence-electron chi connectivity index (χ1n) is 6.04. The van der Waals surface area contributed by atoms with Crippen LogP contribution in [0.4, 0.5) is 8.78 Å². The topological polar surface area (TPSA) is 12.0 Å². The molecular weight excluding hydrogens is 268 g/mol. The molecule has 1 nitrogen and oxygen atoms in total. The lowest BCUT2D eigenvalue weighted by atomic mass is 10.1. The minimum absolute atomic E-state index is 0.235. The maximum atomic E-state index is 13.5. The quantitative estimate of drug-likeness (QED) is 0.818. The molecule has 0 amide bonds. The number of hydrogen-bond acceptors (Lipinski definition) is 1. The van der Waals surface area contributed by atoms with Gasteiger partial charge >= 0.3 is 0 Å². The second kappa shape index (κ2) is 6.64. The number of benzene rings is 2. The van der Waals surface area contributed by atoms with Gasteiger partial charge in [-0.25, -0.2) is 8.78 Å². The molecular formula is C15H14ClF2N. The van der Waals surface area contributed by atoms with E-state index in [2.05, 4.69) is 5.32 Å². The molecule has 2 aromatic carbocycles. The number of halogens is 3. The third-order valence-electron chi connectivity index (χ3n) is 2.81. The van der Waals surface area contributed by atoms with E-state index in [1.807, 2.05) is 6.07 Å². The van der Waals surface area contributed by atoms with E-state index in [1.165, 1.54) is 18.2 Å². The van der Waals surface area contributed by atoms with Crippen molar-refractivity contribution >= 4 is 11.6 Å². The van der Waals surface area contributed by atoms with Crippen molar-refractivity contribution in [2.45, 2.75) is 13.0 Å². The molecule has 2 aromatic rings. The fraction of sp³-hybridized carbons (Fsp3) is 0.200. The molecule has 0 saturated heterocycles. The van der Waals surface area contributed by atoms with Crippen LogP contribution in [0.5, 0.6) is 0 Å². The summed E-state index contributed by atoms with van der Waals surface area (Å²) >= 11 is 5.68. The van der Waals surface area contributed by atoms with Gasteiger partial charge < -0.3 is 5.32 Å². The van der Waals surface area contributed by atoms with Crippen LogP contribution in [0.25, 0.3) is 0 Å². The predicted molar refractivity (Wildman–Crippen MR) is 73.2 cm³/mol. The molecule has 0 unspecified atom stereocenters. The number of rotatable bonds is 5. The Morgan fingerprint density at radius 2 is 1.89 bits per heavy atom. The molecule has 0 fully saturated rings. The molecule has 0 saturated carbocycles. The minimum atomic E-state index is -0.314. The second-order valence-corrected chi connectivity index (χ2v) is 4.73. The van der Waals surface area contributed by atoms with Crippen LogP contribution in [-0.4, -0.2) is 6.54 Å². The van der Waals surface area contributed by atoms with Crippen LogP contribution >= 0.6 is 11.6 Å². The number of nitrogens with one attached hydrogen (secondary N) is 1. The molecule has 0 spiro atoms. The Bertz CT molecular complexity index is 558. The summed E-state index contributed by atoms with van der Waals surface area (Å²) in [5.74, 6) is -0.549. The van der Waals surface area contributed by atoms with Gasteiger partial charge in [0, 0.05) is 17.1 Å². The summed E-state index contributed by atoms with van der Waals surface area (Å²) in [7, 11) is 0. The molecule has 19 heavy (non-hydrogen) atoms. The van der Waals surface area contributed by atoms with Crippen molar-refractivity contribution in [3.8, 4) is 0 Å². The molecule has 0 atom stereocenters. The Labute approximate surface area is 116 Å². The lowest BCUT2D eigenvalue weighted by Crippen LogP contribution is -2.17. The average molecular weight is 282 g/mol. The molecule has 4 heteroatoms. The summed E-state index contributed by atoms with van der Waals surface area (Å²) in [5.41, 5.74) is 1.49. The third kappa shape index (κ3) is 4.30. The van der Waals surface area contributed by atoms with Crippen LogP contribution in [0.1, 0.15) is 11.1 Å². The van der Waals surface area contributed by atoms with Gasteiger partial charge in [-0.15, -0.1) is 0 Å². The van der Waals surface area contributed by atoms with Gasteiger partial charge in [-0.05, 0) is 42.8 Å². The summed E-state index contributed by atoms with van der Waals surface area (Å²) in [6.45, 7) is 1.09. The van der Waals surface area contributed by atoms with Gasteiger partial charge in [0.25, 0.3) is 0 Å². The molecule has 0 aliphatic carbocycles. The van der Waals surface area contributed by atoms with Gasteiger partial charge in [0.15, 0.2) is 0 Å². The van der Waals surface area contributed by atoms with Gasteiger partial charge in [-0.3, -0.25) is 0 Å². The Balaban J connectivity index is 1.81. The molecule has 0 bridgehead atoms. The van der Waals surface area contributed by atoms with Crippen molar-refractivity contribution in [2.24, 2.45) is 0 Å². The highest BCUT2D eigenvalue weighted by Crippen LogP contribution is 2.14. The Kier molecular flexibility index (Phi) is 4.88.